The summed E-state index contributed by atoms with van der Waals surface area (Å²) in [7, 11) is 1.36. The van der Waals surface area contributed by atoms with E-state index in [4.69, 9.17) is 9.72 Å². The Bertz CT molecular complexity index is 967. The van der Waals surface area contributed by atoms with Gasteiger partial charge in [0.25, 0.3) is 5.91 Å². The van der Waals surface area contributed by atoms with Gasteiger partial charge in [-0.3, -0.25) is 4.79 Å². The predicted molar refractivity (Wildman–Crippen MR) is 128 cm³/mol. The lowest BCUT2D eigenvalue weighted by atomic mass is 10.1. The van der Waals surface area contributed by atoms with Gasteiger partial charge in [0, 0.05) is 43.5 Å². The molecule has 2 heterocycles. The Morgan fingerprint density at radius 3 is 2.74 bits per heavy atom. The number of morpholine rings is 1. The Hall–Kier alpha value is -2.91. The predicted octanol–water partition coefficient (Wildman–Crippen LogP) is 2.73. The average Bonchev–Trinajstić information content (AvgIpc) is 3.60. The molecule has 2 aromatic rings. The Morgan fingerprint density at radius 1 is 1.32 bits per heavy atom. The van der Waals surface area contributed by atoms with E-state index >= 15 is 0 Å². The molecule has 9 heteroatoms. The molecule has 0 spiro atoms. The summed E-state index contributed by atoms with van der Waals surface area (Å²) in [6, 6.07) is 10.4. The second-order valence-corrected chi connectivity index (χ2v) is 9.10. The fourth-order valence-electron chi connectivity index (χ4n) is 4.33. The molecule has 1 aromatic heterocycles. The van der Waals surface area contributed by atoms with Crippen molar-refractivity contribution in [3.8, 4) is 11.4 Å². The minimum Gasteiger partial charge on any atom is -0.453 e. The number of benzene rings is 1. The van der Waals surface area contributed by atoms with Crippen LogP contribution in [0.3, 0.4) is 0 Å². The van der Waals surface area contributed by atoms with Gasteiger partial charge in [0.1, 0.15) is 11.9 Å². The van der Waals surface area contributed by atoms with Crippen LogP contribution in [0.1, 0.15) is 44.8 Å². The molecule has 2 fully saturated rings. The summed E-state index contributed by atoms with van der Waals surface area (Å²) >= 11 is 0. The molecule has 2 aliphatic rings. The van der Waals surface area contributed by atoms with Crippen molar-refractivity contribution < 1.29 is 19.1 Å². The maximum Gasteiger partial charge on any atom is 0.406 e. The van der Waals surface area contributed by atoms with Crippen molar-refractivity contribution in [2.75, 3.05) is 26.8 Å². The molecule has 0 unspecified atom stereocenters. The van der Waals surface area contributed by atoms with Gasteiger partial charge in [0.2, 0.25) is 0 Å². The number of rotatable bonds is 9. The number of nitrogens with zero attached hydrogens (tertiary/aromatic N) is 3. The van der Waals surface area contributed by atoms with Crippen LogP contribution in [-0.2, 0) is 20.8 Å². The van der Waals surface area contributed by atoms with Crippen LogP contribution < -0.4 is 10.6 Å². The van der Waals surface area contributed by atoms with E-state index < -0.39 is 12.2 Å². The van der Waals surface area contributed by atoms with E-state index in [0.29, 0.717) is 26.2 Å². The second kappa shape index (κ2) is 11.0. The molecule has 1 saturated heterocycles. The van der Waals surface area contributed by atoms with Crippen LogP contribution in [0, 0.1) is 0 Å². The van der Waals surface area contributed by atoms with Crippen molar-refractivity contribution >= 4 is 12.0 Å². The van der Waals surface area contributed by atoms with Crippen LogP contribution in [0.25, 0.3) is 11.4 Å². The lowest BCUT2D eigenvalue weighted by Crippen LogP contribution is -2.53. The summed E-state index contributed by atoms with van der Waals surface area (Å²) in [5.74, 6) is 0.889. The summed E-state index contributed by atoms with van der Waals surface area (Å²) in [6.07, 6.45) is 3.89. The largest absolute Gasteiger partial charge is 0.453 e. The van der Waals surface area contributed by atoms with E-state index in [1.54, 1.807) is 0 Å². The first-order valence-corrected chi connectivity index (χ1v) is 12.1. The number of imidazole rings is 1. The number of ether oxygens (including phenoxy) is 2. The molecule has 1 saturated carbocycles. The van der Waals surface area contributed by atoms with E-state index in [1.807, 2.05) is 41.4 Å². The zero-order chi connectivity index (χ0) is 24.1. The van der Waals surface area contributed by atoms with E-state index in [0.717, 1.165) is 36.3 Å². The zero-order valence-corrected chi connectivity index (χ0v) is 20.2. The first-order valence-electron chi connectivity index (χ1n) is 12.1. The molecule has 2 N–H and O–H groups in total. The third-order valence-electron chi connectivity index (χ3n) is 6.37. The third kappa shape index (κ3) is 5.77. The maximum absolute atomic E-state index is 13.4. The Kier molecular flexibility index (Phi) is 7.84. The Balaban J connectivity index is 1.53. The van der Waals surface area contributed by atoms with Crippen LogP contribution in [-0.4, -0.2) is 71.4 Å². The van der Waals surface area contributed by atoms with Gasteiger partial charge in [0.15, 0.2) is 0 Å². The molecule has 3 atom stereocenters. The molecule has 9 nitrogen and oxygen atoms in total. The van der Waals surface area contributed by atoms with Crippen molar-refractivity contribution in [1.29, 1.82) is 0 Å². The molecule has 2 amide bonds. The van der Waals surface area contributed by atoms with E-state index in [-0.39, 0.29) is 24.0 Å². The van der Waals surface area contributed by atoms with Gasteiger partial charge in [-0.15, -0.1) is 0 Å². The number of aromatic nitrogens is 2. The fraction of sp³-hybridized carbons (Fsp3) is 0.560. The molecule has 0 bridgehead atoms. The number of alkyl carbamates (subject to hydrolysis) is 1. The van der Waals surface area contributed by atoms with Gasteiger partial charge in [-0.2, -0.15) is 0 Å². The van der Waals surface area contributed by atoms with Crippen LogP contribution in [0.2, 0.25) is 0 Å². The second-order valence-electron chi connectivity index (χ2n) is 9.10. The van der Waals surface area contributed by atoms with Crippen LogP contribution in [0.4, 0.5) is 4.79 Å². The number of methoxy groups -OCH3 is 1. The molecule has 4 rings (SSSR count). The summed E-state index contributed by atoms with van der Waals surface area (Å²) in [5, 5.41) is 6.07. The van der Waals surface area contributed by atoms with Crippen LogP contribution in [0.15, 0.2) is 36.5 Å². The van der Waals surface area contributed by atoms with E-state index in [9.17, 15) is 9.59 Å². The third-order valence-corrected chi connectivity index (χ3v) is 6.37. The number of carbonyl (C=O) groups excluding carboxylic acids is 2. The van der Waals surface area contributed by atoms with Crippen molar-refractivity contribution in [3.63, 3.8) is 0 Å². The van der Waals surface area contributed by atoms with Gasteiger partial charge < -0.3 is 29.6 Å². The Labute approximate surface area is 200 Å². The molecule has 1 aromatic carbocycles. The quantitative estimate of drug-likeness (QED) is 0.548. The number of amides is 2. The fourth-order valence-corrected chi connectivity index (χ4v) is 4.33. The molecule has 0 radical (unpaired) electrons. The molecule has 1 aliphatic carbocycles. The number of carbonyl (C=O) groups is 2. The number of hydrogen-bond acceptors (Lipinski definition) is 6. The highest BCUT2D eigenvalue weighted by molar-refractivity contribution is 5.82. The maximum atomic E-state index is 13.4. The monoisotopic (exact) mass is 469 g/mol. The first kappa shape index (κ1) is 24.2. The number of hydrogen-bond donors (Lipinski definition) is 2. The lowest BCUT2D eigenvalue weighted by molar-refractivity contribution is -0.149. The number of nitrogens with one attached hydrogen (secondary N) is 2. The van der Waals surface area contributed by atoms with Crippen molar-refractivity contribution in [2.45, 2.75) is 63.9 Å². The van der Waals surface area contributed by atoms with Gasteiger partial charge in [-0.05, 0) is 33.1 Å². The van der Waals surface area contributed by atoms with E-state index in [2.05, 4.69) is 33.8 Å². The highest BCUT2D eigenvalue weighted by Gasteiger charge is 2.41. The van der Waals surface area contributed by atoms with Crippen molar-refractivity contribution in [2.24, 2.45) is 0 Å². The smallest absolute Gasteiger partial charge is 0.406 e. The lowest BCUT2D eigenvalue weighted by Gasteiger charge is -2.35. The number of aryl methyl sites for hydroxylation is 1. The van der Waals surface area contributed by atoms with E-state index in [1.165, 1.54) is 7.11 Å². The summed E-state index contributed by atoms with van der Waals surface area (Å²) in [6.45, 7) is 6.36. The molecule has 184 valence electrons. The van der Waals surface area contributed by atoms with Gasteiger partial charge in [-0.1, -0.05) is 30.3 Å². The van der Waals surface area contributed by atoms with Crippen LogP contribution in [0.5, 0.6) is 0 Å². The zero-order valence-electron chi connectivity index (χ0n) is 20.2. The molecular weight excluding hydrogens is 434 g/mol. The summed E-state index contributed by atoms with van der Waals surface area (Å²) in [4.78, 5) is 31.8. The highest BCUT2D eigenvalue weighted by atomic mass is 16.5. The Morgan fingerprint density at radius 2 is 2.09 bits per heavy atom. The van der Waals surface area contributed by atoms with Crippen molar-refractivity contribution in [3.05, 3.63) is 42.2 Å². The summed E-state index contributed by atoms with van der Waals surface area (Å²) in [5.41, 5.74) is 1.87. The standard InChI is InChI=1S/C25H35N5O4/c1-17-16-34-22(14-27-17)24(31)30(20-10-11-20)18(2)21-15-29(13-7-12-26-25(32)33-3)23(28-21)19-8-5-4-6-9-19/h4-6,8-9,15,17-18,20,22,27H,7,10-14,16H2,1-3H3,(H,26,32)/t17-,18+,22+/m0/s1. The van der Waals surface area contributed by atoms with Crippen molar-refractivity contribution in [1.82, 2.24) is 25.1 Å². The SMILES string of the molecule is COC(=O)NCCCn1cc([C@@H](C)N(C(=O)[C@H]2CN[C@@H](C)CO2)C2CC2)nc1-c1ccccc1. The average molecular weight is 470 g/mol. The van der Waals surface area contributed by atoms with Gasteiger partial charge >= 0.3 is 6.09 Å². The summed E-state index contributed by atoms with van der Waals surface area (Å²) < 4.78 is 12.6. The normalized spacial score (nSPS) is 21.0. The minimum atomic E-state index is -0.459. The van der Waals surface area contributed by atoms with Gasteiger partial charge in [-0.25, -0.2) is 9.78 Å². The van der Waals surface area contributed by atoms with Crippen LogP contribution >= 0.6 is 0 Å². The topological polar surface area (TPSA) is 97.7 Å². The molecule has 34 heavy (non-hydrogen) atoms. The highest BCUT2D eigenvalue weighted by Crippen LogP contribution is 2.36. The molecule has 1 aliphatic heterocycles. The molecular formula is C25H35N5O4. The van der Waals surface area contributed by atoms with Gasteiger partial charge in [0.05, 0.1) is 25.5 Å². The first-order chi connectivity index (χ1) is 16.5. The minimum absolute atomic E-state index is 0.0347.